The summed E-state index contributed by atoms with van der Waals surface area (Å²) in [5, 5.41) is 6.26. The van der Waals surface area contributed by atoms with Gasteiger partial charge in [0, 0.05) is 31.2 Å². The first-order valence-corrected chi connectivity index (χ1v) is 8.49. The maximum atomic E-state index is 12.4. The zero-order chi connectivity index (χ0) is 17.1. The lowest BCUT2D eigenvalue weighted by Gasteiger charge is -2.17. The summed E-state index contributed by atoms with van der Waals surface area (Å²) in [5.41, 5.74) is 5.79. The average Bonchev–Trinajstić information content (AvgIpc) is 3.03. The van der Waals surface area contributed by atoms with Gasteiger partial charge in [0.1, 0.15) is 6.04 Å². The number of amides is 1. The third-order valence-corrected chi connectivity index (χ3v) is 4.53. The molecule has 0 heterocycles. The molecule has 4 nitrogen and oxygen atoms in total. The molecule has 2 N–H and O–H groups in total. The largest absolute Gasteiger partial charge is 0.378 e. The first-order chi connectivity index (χ1) is 11.5. The van der Waals surface area contributed by atoms with Crippen LogP contribution in [0.4, 0.5) is 17.1 Å². The Morgan fingerprint density at radius 3 is 2.38 bits per heavy atom. The van der Waals surface area contributed by atoms with E-state index in [9.17, 15) is 4.79 Å². The molecule has 0 aliphatic heterocycles. The van der Waals surface area contributed by atoms with Gasteiger partial charge in [-0.3, -0.25) is 4.79 Å². The molecule has 0 aromatic heterocycles. The van der Waals surface area contributed by atoms with Gasteiger partial charge < -0.3 is 15.5 Å². The number of fused-ring (bicyclic) bond motifs is 1. The Kier molecular flexibility index (Phi) is 4.74. The topological polar surface area (TPSA) is 44.4 Å². The minimum absolute atomic E-state index is 0.0342. The predicted molar refractivity (Wildman–Crippen MR) is 101 cm³/mol. The van der Waals surface area contributed by atoms with Crippen LogP contribution in [0.3, 0.4) is 0 Å². The zero-order valence-corrected chi connectivity index (χ0v) is 14.6. The summed E-state index contributed by atoms with van der Waals surface area (Å²) in [4.78, 5) is 14.4. The molecule has 24 heavy (non-hydrogen) atoms. The van der Waals surface area contributed by atoms with Gasteiger partial charge in [0.25, 0.3) is 0 Å². The number of benzene rings is 2. The van der Waals surface area contributed by atoms with E-state index in [2.05, 4.69) is 28.8 Å². The van der Waals surface area contributed by atoms with E-state index >= 15 is 0 Å². The number of nitrogens with one attached hydrogen (secondary N) is 2. The molecule has 0 radical (unpaired) electrons. The molecule has 2 aromatic rings. The smallest absolute Gasteiger partial charge is 0.246 e. The molecule has 1 aliphatic carbocycles. The number of nitrogens with zero attached hydrogens (tertiary/aromatic N) is 1. The molecule has 0 saturated heterocycles. The molecule has 126 valence electrons. The summed E-state index contributed by atoms with van der Waals surface area (Å²) in [6.45, 7) is 1.89. The van der Waals surface area contributed by atoms with Crippen LogP contribution < -0.4 is 15.5 Å². The summed E-state index contributed by atoms with van der Waals surface area (Å²) in [6, 6.07) is 14.0. The van der Waals surface area contributed by atoms with Gasteiger partial charge >= 0.3 is 0 Å². The summed E-state index contributed by atoms with van der Waals surface area (Å²) < 4.78 is 0. The van der Waals surface area contributed by atoms with Gasteiger partial charge in [-0.25, -0.2) is 0 Å². The number of hydrogen-bond acceptors (Lipinski definition) is 3. The Morgan fingerprint density at radius 2 is 1.67 bits per heavy atom. The van der Waals surface area contributed by atoms with Crippen LogP contribution in [0, 0.1) is 0 Å². The highest BCUT2D eigenvalue weighted by Crippen LogP contribution is 2.25. The molecule has 2 aromatic carbocycles. The van der Waals surface area contributed by atoms with Crippen LogP contribution in [0.25, 0.3) is 0 Å². The SMILES string of the molecule is CC(Nc1ccc2c(c1)CCC2)C(=O)Nc1ccc(N(C)C)cc1. The number of rotatable bonds is 5. The zero-order valence-electron chi connectivity index (χ0n) is 14.6. The van der Waals surface area contributed by atoms with Gasteiger partial charge in [0.2, 0.25) is 5.91 Å². The first-order valence-electron chi connectivity index (χ1n) is 8.49. The van der Waals surface area contributed by atoms with Gasteiger partial charge in [-0.2, -0.15) is 0 Å². The van der Waals surface area contributed by atoms with E-state index in [0.717, 1.165) is 23.5 Å². The fourth-order valence-corrected chi connectivity index (χ4v) is 3.07. The fourth-order valence-electron chi connectivity index (χ4n) is 3.07. The normalized spacial score (nSPS) is 14.0. The van der Waals surface area contributed by atoms with Crippen molar-refractivity contribution in [3.63, 3.8) is 0 Å². The van der Waals surface area contributed by atoms with Gasteiger partial charge in [-0.1, -0.05) is 6.07 Å². The van der Waals surface area contributed by atoms with Crippen LogP contribution in [0.5, 0.6) is 0 Å². The second-order valence-corrected chi connectivity index (χ2v) is 6.63. The molecule has 1 aliphatic rings. The number of carbonyl (C=O) groups is 1. The molecule has 3 rings (SSSR count). The lowest BCUT2D eigenvalue weighted by molar-refractivity contribution is -0.116. The van der Waals surface area contributed by atoms with Gasteiger partial charge in [-0.15, -0.1) is 0 Å². The van der Waals surface area contributed by atoms with Crippen molar-refractivity contribution in [2.24, 2.45) is 0 Å². The second kappa shape index (κ2) is 6.95. The Labute approximate surface area is 143 Å². The van der Waals surface area contributed by atoms with Crippen molar-refractivity contribution in [1.29, 1.82) is 0 Å². The molecule has 0 bridgehead atoms. The minimum atomic E-state index is -0.294. The highest BCUT2D eigenvalue weighted by atomic mass is 16.2. The molecular formula is C20H25N3O. The third-order valence-electron chi connectivity index (χ3n) is 4.53. The lowest BCUT2D eigenvalue weighted by Crippen LogP contribution is -2.31. The van der Waals surface area contributed by atoms with Crippen molar-refractivity contribution in [2.75, 3.05) is 29.6 Å². The quantitative estimate of drug-likeness (QED) is 0.882. The standard InChI is InChI=1S/C20H25N3O/c1-14(21-18-8-7-15-5-4-6-16(15)13-18)20(24)22-17-9-11-19(12-10-17)23(2)3/h7-14,21H,4-6H2,1-3H3,(H,22,24). The van der Waals surface area contributed by atoms with Crippen molar-refractivity contribution < 1.29 is 4.79 Å². The van der Waals surface area contributed by atoms with E-state index in [1.165, 1.54) is 24.0 Å². The highest BCUT2D eigenvalue weighted by molar-refractivity contribution is 5.96. The number of carbonyl (C=O) groups excluding carboxylic acids is 1. The third kappa shape index (κ3) is 3.70. The van der Waals surface area contributed by atoms with Gasteiger partial charge in [-0.05, 0) is 73.7 Å². The fraction of sp³-hybridized carbons (Fsp3) is 0.350. The number of hydrogen-bond donors (Lipinski definition) is 2. The Hall–Kier alpha value is -2.49. The van der Waals surface area contributed by atoms with E-state index in [1.54, 1.807) is 0 Å². The van der Waals surface area contributed by atoms with E-state index in [0.29, 0.717) is 0 Å². The summed E-state index contributed by atoms with van der Waals surface area (Å²) in [5.74, 6) is -0.0342. The molecule has 0 fully saturated rings. The van der Waals surface area contributed by atoms with Crippen LogP contribution in [-0.2, 0) is 17.6 Å². The maximum Gasteiger partial charge on any atom is 0.246 e. The second-order valence-electron chi connectivity index (χ2n) is 6.63. The molecule has 0 spiro atoms. The van der Waals surface area contributed by atoms with Crippen LogP contribution in [0.1, 0.15) is 24.5 Å². The molecule has 1 amide bonds. The molecule has 1 unspecified atom stereocenters. The van der Waals surface area contributed by atoms with E-state index in [4.69, 9.17) is 0 Å². The minimum Gasteiger partial charge on any atom is -0.378 e. The first kappa shape index (κ1) is 16.4. The average molecular weight is 323 g/mol. The van der Waals surface area contributed by atoms with Crippen molar-refractivity contribution in [2.45, 2.75) is 32.2 Å². The van der Waals surface area contributed by atoms with Crippen molar-refractivity contribution in [3.8, 4) is 0 Å². The van der Waals surface area contributed by atoms with Crippen LogP contribution >= 0.6 is 0 Å². The maximum absolute atomic E-state index is 12.4. The van der Waals surface area contributed by atoms with E-state index in [1.807, 2.05) is 50.2 Å². The summed E-state index contributed by atoms with van der Waals surface area (Å²) >= 11 is 0. The molecule has 4 heteroatoms. The monoisotopic (exact) mass is 323 g/mol. The van der Waals surface area contributed by atoms with Crippen molar-refractivity contribution in [1.82, 2.24) is 0 Å². The van der Waals surface area contributed by atoms with Gasteiger partial charge in [0.05, 0.1) is 0 Å². The predicted octanol–water partition coefficient (Wildman–Crippen LogP) is 3.68. The summed E-state index contributed by atoms with van der Waals surface area (Å²) in [6.07, 6.45) is 3.55. The Bertz CT molecular complexity index is 722. The van der Waals surface area contributed by atoms with Crippen molar-refractivity contribution >= 4 is 23.0 Å². The van der Waals surface area contributed by atoms with E-state index in [-0.39, 0.29) is 11.9 Å². The summed E-state index contributed by atoms with van der Waals surface area (Å²) in [7, 11) is 3.99. The molecular weight excluding hydrogens is 298 g/mol. The Balaban J connectivity index is 1.60. The molecule has 1 atom stereocenters. The number of aryl methyl sites for hydroxylation is 2. The van der Waals surface area contributed by atoms with Crippen molar-refractivity contribution in [3.05, 3.63) is 53.6 Å². The number of anilines is 3. The highest BCUT2D eigenvalue weighted by Gasteiger charge is 2.15. The van der Waals surface area contributed by atoms with Crippen LogP contribution in [0.2, 0.25) is 0 Å². The van der Waals surface area contributed by atoms with Crippen LogP contribution in [0.15, 0.2) is 42.5 Å². The lowest BCUT2D eigenvalue weighted by atomic mass is 10.1. The Morgan fingerprint density at radius 1 is 1.00 bits per heavy atom. The van der Waals surface area contributed by atoms with E-state index < -0.39 is 0 Å². The molecule has 0 saturated carbocycles. The van der Waals surface area contributed by atoms with Crippen LogP contribution in [-0.4, -0.2) is 26.0 Å². The van der Waals surface area contributed by atoms with Gasteiger partial charge in [0.15, 0.2) is 0 Å².